The predicted molar refractivity (Wildman–Crippen MR) is 98.0 cm³/mol. The molecule has 26 heavy (non-hydrogen) atoms. The molecule has 2 rings (SSSR count). The standard InChI is InChI=1S/C20H21F3N2O/c1-2-3-4-5-16-6-8-17(9-7-16)14-24-25-15-18-10-12-19(13-11-18)26-20(21,22)23/h6-15H,2-5H2,1H3/b24-14+,25-15-. The molecular formula is C20H21F3N2O. The Kier molecular flexibility index (Phi) is 7.38. The van der Waals surface area contributed by atoms with Crippen molar-refractivity contribution < 1.29 is 17.9 Å². The van der Waals surface area contributed by atoms with Crippen LogP contribution in [-0.4, -0.2) is 18.8 Å². The number of halogens is 3. The zero-order valence-electron chi connectivity index (χ0n) is 14.5. The summed E-state index contributed by atoms with van der Waals surface area (Å²) in [5.74, 6) is -0.267. The van der Waals surface area contributed by atoms with Gasteiger partial charge in [-0.05, 0) is 53.8 Å². The summed E-state index contributed by atoms with van der Waals surface area (Å²) in [7, 11) is 0. The number of ether oxygens (including phenoxy) is 1. The maximum atomic E-state index is 12.1. The van der Waals surface area contributed by atoms with Crippen LogP contribution in [0.4, 0.5) is 13.2 Å². The molecule has 0 spiro atoms. The monoisotopic (exact) mass is 362 g/mol. The van der Waals surface area contributed by atoms with Gasteiger partial charge in [-0.3, -0.25) is 0 Å². The van der Waals surface area contributed by atoms with Gasteiger partial charge in [-0.15, -0.1) is 13.2 Å². The van der Waals surface area contributed by atoms with E-state index in [0.29, 0.717) is 5.56 Å². The summed E-state index contributed by atoms with van der Waals surface area (Å²) >= 11 is 0. The van der Waals surface area contributed by atoms with Gasteiger partial charge >= 0.3 is 6.36 Å². The Balaban J connectivity index is 1.85. The molecule has 2 aromatic carbocycles. The summed E-state index contributed by atoms with van der Waals surface area (Å²) in [5, 5.41) is 7.86. The molecule has 138 valence electrons. The number of aryl methyl sites for hydroxylation is 1. The molecule has 0 saturated carbocycles. The lowest BCUT2D eigenvalue weighted by Gasteiger charge is -2.08. The molecule has 2 aromatic rings. The SMILES string of the molecule is CCCCCc1ccc(/C=N/N=C\c2ccc(OC(F)(F)F)cc2)cc1. The fourth-order valence-electron chi connectivity index (χ4n) is 2.31. The van der Waals surface area contributed by atoms with E-state index >= 15 is 0 Å². The number of rotatable bonds is 8. The number of benzene rings is 2. The maximum absolute atomic E-state index is 12.1. The second kappa shape index (κ2) is 9.75. The van der Waals surface area contributed by atoms with E-state index in [1.165, 1.54) is 55.3 Å². The highest BCUT2D eigenvalue weighted by Crippen LogP contribution is 2.22. The molecule has 0 heterocycles. The van der Waals surface area contributed by atoms with Gasteiger partial charge in [-0.2, -0.15) is 10.2 Å². The molecule has 0 bridgehead atoms. The average Bonchev–Trinajstić information content (AvgIpc) is 2.60. The van der Waals surface area contributed by atoms with E-state index in [4.69, 9.17) is 0 Å². The zero-order chi connectivity index (χ0) is 18.8. The number of nitrogens with zero attached hydrogens (tertiary/aromatic N) is 2. The molecule has 0 N–H and O–H groups in total. The molecule has 6 heteroatoms. The average molecular weight is 362 g/mol. The number of hydrogen-bond donors (Lipinski definition) is 0. The minimum absolute atomic E-state index is 0.267. The lowest BCUT2D eigenvalue weighted by Crippen LogP contribution is -2.16. The van der Waals surface area contributed by atoms with Crippen molar-refractivity contribution in [2.24, 2.45) is 10.2 Å². The molecule has 0 amide bonds. The van der Waals surface area contributed by atoms with E-state index in [0.717, 1.165) is 12.0 Å². The van der Waals surface area contributed by atoms with Gasteiger partial charge < -0.3 is 4.74 Å². The Labute approximate surface area is 151 Å². The van der Waals surface area contributed by atoms with Crippen LogP contribution in [0.15, 0.2) is 58.7 Å². The Morgan fingerprint density at radius 1 is 0.846 bits per heavy atom. The van der Waals surface area contributed by atoms with Crippen molar-refractivity contribution in [3.8, 4) is 5.75 Å². The summed E-state index contributed by atoms with van der Waals surface area (Å²) in [6.45, 7) is 2.19. The minimum atomic E-state index is -4.69. The van der Waals surface area contributed by atoms with Crippen LogP contribution < -0.4 is 4.74 Å². The molecule has 0 aromatic heterocycles. The second-order valence-electron chi connectivity index (χ2n) is 5.80. The van der Waals surface area contributed by atoms with Crippen molar-refractivity contribution in [2.45, 2.75) is 39.0 Å². The van der Waals surface area contributed by atoms with Gasteiger partial charge in [0.2, 0.25) is 0 Å². The molecule has 0 saturated heterocycles. The van der Waals surface area contributed by atoms with Gasteiger partial charge in [0.25, 0.3) is 0 Å². The van der Waals surface area contributed by atoms with E-state index in [9.17, 15) is 13.2 Å². The van der Waals surface area contributed by atoms with E-state index in [1.54, 1.807) is 6.21 Å². The quantitative estimate of drug-likeness (QED) is 0.333. The number of alkyl halides is 3. The highest BCUT2D eigenvalue weighted by atomic mass is 19.4. The van der Waals surface area contributed by atoms with Crippen LogP contribution >= 0.6 is 0 Å². The molecular weight excluding hydrogens is 341 g/mol. The molecule has 0 radical (unpaired) electrons. The molecule has 0 aliphatic carbocycles. The molecule has 0 aliphatic rings. The molecule has 0 aliphatic heterocycles. The second-order valence-corrected chi connectivity index (χ2v) is 5.80. The third-order valence-electron chi connectivity index (χ3n) is 3.64. The predicted octanol–water partition coefficient (Wildman–Crippen LogP) is 5.77. The van der Waals surface area contributed by atoms with Gasteiger partial charge in [0.15, 0.2) is 0 Å². The van der Waals surface area contributed by atoms with Crippen molar-refractivity contribution in [1.82, 2.24) is 0 Å². The van der Waals surface area contributed by atoms with Crippen molar-refractivity contribution in [3.63, 3.8) is 0 Å². The Bertz CT molecular complexity index is 720. The van der Waals surface area contributed by atoms with Gasteiger partial charge in [0.1, 0.15) is 5.75 Å². The molecule has 0 unspecified atom stereocenters. The van der Waals surface area contributed by atoms with E-state index < -0.39 is 6.36 Å². The van der Waals surface area contributed by atoms with Crippen LogP contribution in [0.3, 0.4) is 0 Å². The summed E-state index contributed by atoms with van der Waals surface area (Å²) in [6, 6.07) is 13.6. The summed E-state index contributed by atoms with van der Waals surface area (Å²) in [4.78, 5) is 0. The van der Waals surface area contributed by atoms with Gasteiger partial charge in [0, 0.05) is 0 Å². The normalized spacial score (nSPS) is 12.2. The third kappa shape index (κ3) is 7.51. The Hall–Kier alpha value is -2.63. The lowest BCUT2D eigenvalue weighted by molar-refractivity contribution is -0.274. The Morgan fingerprint density at radius 3 is 1.88 bits per heavy atom. The summed E-state index contributed by atoms with van der Waals surface area (Å²) in [5.41, 5.74) is 2.87. The van der Waals surface area contributed by atoms with Crippen LogP contribution in [-0.2, 0) is 6.42 Å². The first-order chi connectivity index (χ1) is 12.5. The van der Waals surface area contributed by atoms with Crippen molar-refractivity contribution in [3.05, 3.63) is 65.2 Å². The first-order valence-electron chi connectivity index (χ1n) is 8.47. The van der Waals surface area contributed by atoms with Gasteiger partial charge in [-0.25, -0.2) is 0 Å². The highest BCUT2D eigenvalue weighted by Gasteiger charge is 2.30. The topological polar surface area (TPSA) is 34.0 Å². The van der Waals surface area contributed by atoms with Crippen molar-refractivity contribution >= 4 is 12.4 Å². The lowest BCUT2D eigenvalue weighted by atomic mass is 10.1. The first-order valence-corrected chi connectivity index (χ1v) is 8.47. The minimum Gasteiger partial charge on any atom is -0.406 e. The third-order valence-corrected chi connectivity index (χ3v) is 3.64. The summed E-state index contributed by atoms with van der Waals surface area (Å²) < 4.78 is 40.1. The molecule has 0 atom stereocenters. The van der Waals surface area contributed by atoms with E-state index in [2.05, 4.69) is 34.0 Å². The highest BCUT2D eigenvalue weighted by molar-refractivity contribution is 5.82. The van der Waals surface area contributed by atoms with Crippen LogP contribution in [0.5, 0.6) is 5.75 Å². The zero-order valence-corrected chi connectivity index (χ0v) is 14.5. The van der Waals surface area contributed by atoms with Gasteiger partial charge in [0.05, 0.1) is 12.4 Å². The van der Waals surface area contributed by atoms with E-state index in [1.807, 2.05) is 12.1 Å². The van der Waals surface area contributed by atoms with Crippen LogP contribution in [0.1, 0.15) is 42.9 Å². The largest absolute Gasteiger partial charge is 0.573 e. The fraction of sp³-hybridized carbons (Fsp3) is 0.300. The van der Waals surface area contributed by atoms with Crippen LogP contribution in [0.25, 0.3) is 0 Å². The maximum Gasteiger partial charge on any atom is 0.573 e. The molecule has 0 fully saturated rings. The summed E-state index contributed by atoms with van der Waals surface area (Å²) in [6.07, 6.45) is 3.13. The fourth-order valence-corrected chi connectivity index (χ4v) is 2.31. The van der Waals surface area contributed by atoms with Crippen molar-refractivity contribution in [1.29, 1.82) is 0 Å². The van der Waals surface area contributed by atoms with Gasteiger partial charge in [-0.1, -0.05) is 44.0 Å². The number of unbranched alkanes of at least 4 members (excludes halogenated alkanes) is 2. The Morgan fingerprint density at radius 2 is 1.38 bits per heavy atom. The van der Waals surface area contributed by atoms with Crippen LogP contribution in [0.2, 0.25) is 0 Å². The first kappa shape index (κ1) is 19.7. The smallest absolute Gasteiger partial charge is 0.406 e. The van der Waals surface area contributed by atoms with Crippen molar-refractivity contribution in [2.75, 3.05) is 0 Å². The molecule has 3 nitrogen and oxygen atoms in total. The van der Waals surface area contributed by atoms with E-state index in [-0.39, 0.29) is 5.75 Å². The van der Waals surface area contributed by atoms with Crippen LogP contribution in [0, 0.1) is 0 Å². The number of hydrogen-bond acceptors (Lipinski definition) is 3.